The van der Waals surface area contributed by atoms with E-state index in [2.05, 4.69) is 40.8 Å². The van der Waals surface area contributed by atoms with Gasteiger partial charge in [-0.1, -0.05) is 36.0 Å². The van der Waals surface area contributed by atoms with Crippen LogP contribution >= 0.6 is 0 Å². The number of benzene rings is 1. The Morgan fingerprint density at radius 1 is 1.10 bits per heavy atom. The van der Waals surface area contributed by atoms with Crippen molar-refractivity contribution in [2.24, 2.45) is 0 Å². The van der Waals surface area contributed by atoms with Gasteiger partial charge in [-0.3, -0.25) is 0 Å². The Balaban J connectivity index is 3.06. The highest BCUT2D eigenvalue weighted by Crippen LogP contribution is 1.93. The summed E-state index contributed by atoms with van der Waals surface area (Å²) in [6, 6.07) is 6.69. The average Bonchev–Trinajstić information content (AvgIpc) is 1.85. The van der Waals surface area contributed by atoms with Crippen LogP contribution in [-0.2, 0) is 6.42 Å². The van der Waals surface area contributed by atoms with Crippen LogP contribution in [0, 0.1) is 0 Å². The van der Waals surface area contributed by atoms with Gasteiger partial charge in [0.15, 0.2) is 0 Å². The summed E-state index contributed by atoms with van der Waals surface area (Å²) in [5.41, 5.74) is 4.19. The van der Waals surface area contributed by atoms with E-state index >= 15 is 0 Å². The van der Waals surface area contributed by atoms with Crippen LogP contribution in [0.25, 0.3) is 0 Å². The Kier molecular flexibility index (Phi) is 2.21. The lowest BCUT2D eigenvalue weighted by Crippen LogP contribution is -2.14. The summed E-state index contributed by atoms with van der Waals surface area (Å²) in [6.07, 6.45) is 1.14. The first-order chi connectivity index (χ1) is 4.72. The molecule has 0 atom stereocenters. The maximum absolute atomic E-state index is 2.24. The van der Waals surface area contributed by atoms with Gasteiger partial charge < -0.3 is 0 Å². The van der Waals surface area contributed by atoms with Gasteiger partial charge >= 0.3 is 0 Å². The molecule has 0 saturated carbocycles. The van der Waals surface area contributed by atoms with E-state index in [0.29, 0.717) is 0 Å². The molecule has 50 valence electrons. The molecule has 2 heteroatoms. The van der Waals surface area contributed by atoms with Crippen LogP contribution in [0.4, 0.5) is 0 Å². The highest BCUT2D eigenvalue weighted by Gasteiger charge is 1.91. The van der Waals surface area contributed by atoms with Gasteiger partial charge in [-0.15, -0.1) is 0 Å². The van der Waals surface area contributed by atoms with Gasteiger partial charge in [0.25, 0.3) is 0 Å². The van der Waals surface area contributed by atoms with Crippen molar-refractivity contribution >= 4 is 26.6 Å². The van der Waals surface area contributed by atoms with Crippen LogP contribution in [0.5, 0.6) is 0 Å². The van der Waals surface area contributed by atoms with Gasteiger partial charge in [-0.2, -0.15) is 0 Å². The van der Waals surface area contributed by atoms with Crippen molar-refractivity contribution in [3.8, 4) is 0 Å². The zero-order chi connectivity index (χ0) is 7.56. The first-order valence-corrected chi connectivity index (χ1v) is 3.79. The second-order valence-electron chi connectivity index (χ2n) is 2.85. The Morgan fingerprint density at radius 3 is 2.00 bits per heavy atom. The average molecular weight is 130 g/mol. The minimum Gasteiger partial charge on any atom is -0.0892 e. The summed E-state index contributed by atoms with van der Waals surface area (Å²) in [7, 11) is 4.29. The molecule has 0 amide bonds. The lowest BCUT2D eigenvalue weighted by Gasteiger charge is -2.00. The van der Waals surface area contributed by atoms with Gasteiger partial charge in [-0.05, 0) is 12.0 Å². The first kappa shape index (κ1) is 7.46. The molecule has 0 saturated heterocycles. The maximum atomic E-state index is 2.24. The molecule has 0 N–H and O–H groups in total. The molecule has 0 spiro atoms. The van der Waals surface area contributed by atoms with Gasteiger partial charge in [0.05, 0.1) is 0 Å². The number of rotatable bonds is 1. The quantitative estimate of drug-likeness (QED) is 0.417. The van der Waals surface area contributed by atoms with E-state index in [1.807, 2.05) is 0 Å². The fourth-order valence-electron chi connectivity index (χ4n) is 1.27. The Bertz CT molecular complexity index is 210. The lowest BCUT2D eigenvalue weighted by molar-refractivity contribution is 1.15. The monoisotopic (exact) mass is 130 g/mol. The number of hydrogen-bond donors (Lipinski definition) is 0. The lowest BCUT2D eigenvalue weighted by atomic mass is 9.85. The molecule has 0 radical (unpaired) electrons. The summed E-state index contributed by atoms with van der Waals surface area (Å²) < 4.78 is 0. The molecule has 0 aliphatic carbocycles. The molecule has 1 aromatic rings. The zero-order valence-corrected chi connectivity index (χ0v) is 6.94. The summed E-state index contributed by atoms with van der Waals surface area (Å²) in [4.78, 5) is 0. The Morgan fingerprint density at radius 2 is 1.60 bits per heavy atom. The maximum Gasteiger partial charge on any atom is 0.139 e. The molecule has 10 heavy (non-hydrogen) atoms. The Hall–Kier alpha value is -0.650. The third-order valence-electron chi connectivity index (χ3n) is 1.69. The molecular weight excluding hydrogens is 118 g/mol. The van der Waals surface area contributed by atoms with E-state index in [0.717, 1.165) is 6.42 Å². The Labute approximate surface area is 64.5 Å². The van der Waals surface area contributed by atoms with Crippen molar-refractivity contribution in [1.29, 1.82) is 0 Å². The highest BCUT2D eigenvalue weighted by atomic mass is 13.9. The summed E-state index contributed by atoms with van der Waals surface area (Å²) in [5.74, 6) is 0. The molecule has 1 aromatic carbocycles. The fourth-order valence-corrected chi connectivity index (χ4v) is 1.27. The first-order valence-electron chi connectivity index (χ1n) is 3.79. The minimum atomic E-state index is 1.14. The van der Waals surface area contributed by atoms with Crippen molar-refractivity contribution in [2.45, 2.75) is 13.3 Å². The van der Waals surface area contributed by atoms with Crippen LogP contribution in [0.15, 0.2) is 18.2 Å². The van der Waals surface area contributed by atoms with E-state index in [1.54, 1.807) is 0 Å². The standard InChI is InChI=1S/C8H12B2/c1-2-6-3-7(9)5-8(10)4-6/h3-5H,2,9-10H2,1H3. The van der Waals surface area contributed by atoms with Crippen LogP contribution < -0.4 is 10.9 Å². The molecular formula is C8H12B2. The summed E-state index contributed by atoms with van der Waals surface area (Å²) in [6.45, 7) is 2.19. The SMILES string of the molecule is Bc1cc(B)cc(CC)c1. The molecule has 0 aliphatic heterocycles. The molecule has 0 unspecified atom stereocenters. The largest absolute Gasteiger partial charge is 0.139 e. The van der Waals surface area contributed by atoms with Crippen molar-refractivity contribution in [2.75, 3.05) is 0 Å². The third-order valence-corrected chi connectivity index (χ3v) is 1.69. The van der Waals surface area contributed by atoms with Crippen LogP contribution in [-0.4, -0.2) is 15.7 Å². The van der Waals surface area contributed by atoms with E-state index in [-0.39, 0.29) is 0 Å². The molecule has 1 rings (SSSR count). The zero-order valence-electron chi connectivity index (χ0n) is 6.94. The van der Waals surface area contributed by atoms with Crippen molar-refractivity contribution in [3.05, 3.63) is 23.8 Å². The normalized spacial score (nSPS) is 9.70. The molecule has 0 heterocycles. The van der Waals surface area contributed by atoms with Gasteiger partial charge in [-0.25, -0.2) is 0 Å². The van der Waals surface area contributed by atoms with Gasteiger partial charge in [0, 0.05) is 0 Å². The van der Waals surface area contributed by atoms with Crippen LogP contribution in [0.3, 0.4) is 0 Å². The molecule has 0 aromatic heterocycles. The molecule has 0 bridgehead atoms. The van der Waals surface area contributed by atoms with E-state index in [9.17, 15) is 0 Å². The highest BCUT2D eigenvalue weighted by molar-refractivity contribution is 6.37. The minimum absolute atomic E-state index is 1.14. The van der Waals surface area contributed by atoms with E-state index in [1.165, 1.54) is 16.5 Å². The van der Waals surface area contributed by atoms with Crippen LogP contribution in [0.2, 0.25) is 0 Å². The predicted octanol–water partition coefficient (Wildman–Crippen LogP) is -1.23. The van der Waals surface area contributed by atoms with Crippen molar-refractivity contribution in [3.63, 3.8) is 0 Å². The van der Waals surface area contributed by atoms with E-state index in [4.69, 9.17) is 0 Å². The number of hydrogen-bond acceptors (Lipinski definition) is 0. The molecule has 0 fully saturated rings. The molecule has 0 nitrogen and oxygen atoms in total. The summed E-state index contributed by atoms with van der Waals surface area (Å²) in [5, 5.41) is 0. The second-order valence-corrected chi connectivity index (χ2v) is 2.85. The van der Waals surface area contributed by atoms with Gasteiger partial charge in [0.1, 0.15) is 15.7 Å². The predicted molar refractivity (Wildman–Crippen MR) is 52.2 cm³/mol. The smallest absolute Gasteiger partial charge is 0.0892 e. The van der Waals surface area contributed by atoms with Crippen LogP contribution in [0.1, 0.15) is 12.5 Å². The topological polar surface area (TPSA) is 0 Å². The third kappa shape index (κ3) is 1.66. The summed E-state index contributed by atoms with van der Waals surface area (Å²) >= 11 is 0. The number of aryl methyl sites for hydroxylation is 1. The molecule has 0 aliphatic rings. The van der Waals surface area contributed by atoms with Crippen molar-refractivity contribution in [1.82, 2.24) is 0 Å². The second kappa shape index (κ2) is 2.96. The fraction of sp³-hybridized carbons (Fsp3) is 0.250. The van der Waals surface area contributed by atoms with Crippen molar-refractivity contribution < 1.29 is 0 Å². The van der Waals surface area contributed by atoms with Gasteiger partial charge in [0.2, 0.25) is 0 Å². The van der Waals surface area contributed by atoms with E-state index < -0.39 is 0 Å².